The molecule has 1 amide bonds. The van der Waals surface area contributed by atoms with E-state index < -0.39 is 10.0 Å². The van der Waals surface area contributed by atoms with Crippen molar-refractivity contribution in [2.75, 3.05) is 31.6 Å². The van der Waals surface area contributed by atoms with Crippen LogP contribution in [-0.2, 0) is 10.0 Å². The van der Waals surface area contributed by atoms with E-state index in [1.165, 1.54) is 30.6 Å². The largest absolute Gasteiger partial charge is 0.495 e. The predicted octanol–water partition coefficient (Wildman–Crippen LogP) is 3.39. The third-order valence-electron chi connectivity index (χ3n) is 5.13. The molecule has 1 unspecified atom stereocenters. The minimum atomic E-state index is -3.77. The molecule has 7 heteroatoms. The highest BCUT2D eigenvalue weighted by Gasteiger charge is 2.25. The summed E-state index contributed by atoms with van der Waals surface area (Å²) in [5.74, 6) is 0.917. The Labute approximate surface area is 166 Å². The first-order chi connectivity index (χ1) is 13.3. The molecule has 0 N–H and O–H groups in total. The highest BCUT2D eigenvalue weighted by atomic mass is 32.2. The maximum atomic E-state index is 13.0. The van der Waals surface area contributed by atoms with Crippen molar-refractivity contribution in [3.63, 3.8) is 0 Å². The average Bonchev–Trinajstić information content (AvgIpc) is 2.72. The fourth-order valence-electron chi connectivity index (χ4n) is 3.50. The molecule has 0 saturated carbocycles. The number of methoxy groups -OCH3 is 1. The number of amides is 1. The van der Waals surface area contributed by atoms with Gasteiger partial charge >= 0.3 is 0 Å². The Morgan fingerprint density at radius 3 is 2.46 bits per heavy atom. The lowest BCUT2D eigenvalue weighted by molar-refractivity contribution is 0.0683. The molecule has 1 aliphatic heterocycles. The number of hydrogen-bond acceptors (Lipinski definition) is 4. The number of ether oxygens (including phenoxy) is 1. The van der Waals surface area contributed by atoms with Crippen molar-refractivity contribution in [1.29, 1.82) is 0 Å². The second kappa shape index (κ2) is 8.22. The normalized spacial score (nSPS) is 17.2. The van der Waals surface area contributed by atoms with Gasteiger partial charge in [-0.1, -0.05) is 19.1 Å². The highest BCUT2D eigenvalue weighted by molar-refractivity contribution is 7.92. The molecule has 2 aromatic carbocycles. The van der Waals surface area contributed by atoms with Crippen LogP contribution in [0, 0.1) is 5.92 Å². The summed E-state index contributed by atoms with van der Waals surface area (Å²) in [5.41, 5.74) is 0.959. The highest BCUT2D eigenvalue weighted by Crippen LogP contribution is 2.31. The molecule has 0 aromatic heterocycles. The minimum Gasteiger partial charge on any atom is -0.495 e. The fraction of sp³-hybridized carbons (Fsp3) is 0.381. The van der Waals surface area contributed by atoms with Gasteiger partial charge in [0.05, 0.1) is 17.7 Å². The van der Waals surface area contributed by atoms with Crippen LogP contribution < -0.4 is 9.04 Å². The summed E-state index contributed by atoms with van der Waals surface area (Å²) in [7, 11) is -0.784. The second-order valence-corrected chi connectivity index (χ2v) is 9.14. The van der Waals surface area contributed by atoms with Crippen LogP contribution in [0.15, 0.2) is 53.4 Å². The zero-order valence-corrected chi connectivity index (χ0v) is 17.3. The molecule has 0 radical (unpaired) electrons. The third-order valence-corrected chi connectivity index (χ3v) is 6.91. The van der Waals surface area contributed by atoms with E-state index in [2.05, 4.69) is 6.92 Å². The number of hydrogen-bond donors (Lipinski definition) is 0. The quantitative estimate of drug-likeness (QED) is 0.769. The first-order valence-electron chi connectivity index (χ1n) is 9.36. The Morgan fingerprint density at radius 2 is 1.82 bits per heavy atom. The van der Waals surface area contributed by atoms with Gasteiger partial charge in [-0.2, -0.15) is 0 Å². The second-order valence-electron chi connectivity index (χ2n) is 7.17. The maximum Gasteiger partial charge on any atom is 0.264 e. The van der Waals surface area contributed by atoms with Gasteiger partial charge in [0.2, 0.25) is 0 Å². The molecule has 2 aromatic rings. The van der Waals surface area contributed by atoms with Crippen LogP contribution in [0.1, 0.15) is 30.1 Å². The number of benzene rings is 2. The molecule has 3 rings (SSSR count). The van der Waals surface area contributed by atoms with Gasteiger partial charge in [0.15, 0.2) is 0 Å². The summed E-state index contributed by atoms with van der Waals surface area (Å²) in [6.07, 6.45) is 2.14. The van der Waals surface area contributed by atoms with Gasteiger partial charge in [-0.15, -0.1) is 0 Å². The SMILES string of the molecule is COc1ccccc1N(C)S(=O)(=O)c1ccc(C(=O)N2CCCC(C)C2)cc1. The number of sulfonamides is 1. The molecule has 150 valence electrons. The van der Waals surface area contributed by atoms with Gasteiger partial charge in [-0.05, 0) is 55.2 Å². The number of carbonyl (C=O) groups excluding carboxylic acids is 1. The van der Waals surface area contributed by atoms with Crippen LogP contribution in [0.5, 0.6) is 5.75 Å². The van der Waals surface area contributed by atoms with E-state index in [9.17, 15) is 13.2 Å². The van der Waals surface area contributed by atoms with Crippen molar-refractivity contribution in [2.45, 2.75) is 24.7 Å². The van der Waals surface area contributed by atoms with E-state index in [-0.39, 0.29) is 10.8 Å². The van der Waals surface area contributed by atoms with Gasteiger partial charge in [-0.3, -0.25) is 9.10 Å². The maximum absolute atomic E-state index is 13.0. The predicted molar refractivity (Wildman–Crippen MR) is 109 cm³/mol. The van der Waals surface area contributed by atoms with Crippen molar-refractivity contribution in [3.05, 3.63) is 54.1 Å². The van der Waals surface area contributed by atoms with Crippen molar-refractivity contribution < 1.29 is 17.9 Å². The van der Waals surface area contributed by atoms with Crippen LogP contribution in [-0.4, -0.2) is 46.5 Å². The number of para-hydroxylation sites is 2. The lowest BCUT2D eigenvalue weighted by Gasteiger charge is -2.31. The topological polar surface area (TPSA) is 66.9 Å². The number of anilines is 1. The molecule has 1 atom stereocenters. The van der Waals surface area contributed by atoms with Gasteiger partial charge in [-0.25, -0.2) is 8.42 Å². The number of likely N-dealkylation sites (tertiary alicyclic amines) is 1. The van der Waals surface area contributed by atoms with Crippen LogP contribution in [0.25, 0.3) is 0 Å². The molecule has 1 heterocycles. The van der Waals surface area contributed by atoms with E-state index in [0.717, 1.165) is 25.9 Å². The van der Waals surface area contributed by atoms with Crippen molar-refractivity contribution in [1.82, 2.24) is 4.90 Å². The van der Waals surface area contributed by atoms with Crippen molar-refractivity contribution in [2.24, 2.45) is 5.92 Å². The van der Waals surface area contributed by atoms with E-state index in [0.29, 0.717) is 22.9 Å². The van der Waals surface area contributed by atoms with E-state index in [4.69, 9.17) is 4.74 Å². The van der Waals surface area contributed by atoms with E-state index in [1.54, 1.807) is 36.4 Å². The van der Waals surface area contributed by atoms with Crippen LogP contribution >= 0.6 is 0 Å². The van der Waals surface area contributed by atoms with Crippen LogP contribution in [0.2, 0.25) is 0 Å². The van der Waals surface area contributed by atoms with Gasteiger partial charge in [0.1, 0.15) is 5.75 Å². The smallest absolute Gasteiger partial charge is 0.264 e. The fourth-order valence-corrected chi connectivity index (χ4v) is 4.71. The molecule has 6 nitrogen and oxygen atoms in total. The third kappa shape index (κ3) is 3.99. The van der Waals surface area contributed by atoms with E-state index >= 15 is 0 Å². The number of carbonyl (C=O) groups is 1. The monoisotopic (exact) mass is 402 g/mol. The van der Waals surface area contributed by atoms with Gasteiger partial charge in [0, 0.05) is 25.7 Å². The number of nitrogens with zero attached hydrogens (tertiary/aromatic N) is 2. The zero-order valence-electron chi connectivity index (χ0n) is 16.5. The Balaban J connectivity index is 1.82. The first kappa shape index (κ1) is 20.2. The average molecular weight is 403 g/mol. The molecule has 1 saturated heterocycles. The zero-order chi connectivity index (χ0) is 20.3. The van der Waals surface area contributed by atoms with Crippen LogP contribution in [0.3, 0.4) is 0 Å². The van der Waals surface area contributed by atoms with Gasteiger partial charge < -0.3 is 9.64 Å². The summed E-state index contributed by atoms with van der Waals surface area (Å²) in [6, 6.07) is 13.1. The Bertz CT molecular complexity index is 941. The Morgan fingerprint density at radius 1 is 1.14 bits per heavy atom. The Hall–Kier alpha value is -2.54. The number of rotatable bonds is 5. The summed E-state index contributed by atoms with van der Waals surface area (Å²) >= 11 is 0. The summed E-state index contributed by atoms with van der Waals surface area (Å²) in [5, 5.41) is 0. The first-order valence-corrected chi connectivity index (χ1v) is 10.8. The lowest BCUT2D eigenvalue weighted by Crippen LogP contribution is -2.39. The molecule has 0 aliphatic carbocycles. The van der Waals surface area contributed by atoms with E-state index in [1.807, 2.05) is 4.90 Å². The van der Waals surface area contributed by atoms with Crippen LogP contribution in [0.4, 0.5) is 5.69 Å². The lowest BCUT2D eigenvalue weighted by atomic mass is 9.99. The molecular weight excluding hydrogens is 376 g/mol. The molecule has 1 fully saturated rings. The molecule has 1 aliphatic rings. The number of piperidine rings is 1. The van der Waals surface area contributed by atoms with Crippen molar-refractivity contribution in [3.8, 4) is 5.75 Å². The minimum absolute atomic E-state index is 0.0476. The summed E-state index contributed by atoms with van der Waals surface area (Å²) in [4.78, 5) is 14.7. The van der Waals surface area contributed by atoms with Crippen molar-refractivity contribution >= 4 is 21.6 Å². The molecule has 28 heavy (non-hydrogen) atoms. The molecular formula is C21H26N2O4S. The van der Waals surface area contributed by atoms with Gasteiger partial charge in [0.25, 0.3) is 15.9 Å². The summed E-state index contributed by atoms with van der Waals surface area (Å²) in [6.45, 7) is 3.64. The molecule has 0 spiro atoms. The molecule has 0 bridgehead atoms. The summed E-state index contributed by atoms with van der Waals surface area (Å²) < 4.78 is 32.5. The Kier molecular flexibility index (Phi) is 5.93. The standard InChI is InChI=1S/C21H26N2O4S/c1-16-7-6-14-23(15-16)21(24)17-10-12-18(13-11-17)28(25,26)22(2)19-8-4-5-9-20(19)27-3/h4-5,8-13,16H,6-7,14-15H2,1-3H3.